The Morgan fingerprint density at radius 1 is 0.941 bits per heavy atom. The molecule has 1 N–H and O–H groups in total. The molecule has 2 nitrogen and oxygen atoms in total. The minimum Gasteiger partial charge on any atom is -0.313 e. The lowest BCUT2D eigenvalue weighted by molar-refractivity contribution is 0.174. The van der Waals surface area contributed by atoms with Gasteiger partial charge in [-0.15, -0.1) is 0 Å². The lowest BCUT2D eigenvalue weighted by Crippen LogP contribution is -2.42. The first-order valence-corrected chi connectivity index (χ1v) is 7.48. The Hall–Kier alpha value is -0.0800. The first-order chi connectivity index (χ1) is 7.99. The number of nitrogens with one attached hydrogen (secondary N) is 1. The van der Waals surface area contributed by atoms with Gasteiger partial charge in [0, 0.05) is 31.2 Å². The predicted octanol–water partition coefficient (Wildman–Crippen LogP) is 3.66. The van der Waals surface area contributed by atoms with Crippen molar-refractivity contribution in [3.05, 3.63) is 0 Å². The van der Waals surface area contributed by atoms with Gasteiger partial charge in [0.2, 0.25) is 0 Å². The van der Waals surface area contributed by atoms with Gasteiger partial charge in [0.15, 0.2) is 0 Å². The third kappa shape index (κ3) is 8.62. The lowest BCUT2D eigenvalue weighted by Gasteiger charge is -2.31. The topological polar surface area (TPSA) is 15.3 Å². The third-order valence-electron chi connectivity index (χ3n) is 3.43. The highest BCUT2D eigenvalue weighted by molar-refractivity contribution is 4.70. The summed E-state index contributed by atoms with van der Waals surface area (Å²) in [5.41, 5.74) is 0. The monoisotopic (exact) mass is 242 g/mol. The molecule has 0 aromatic rings. The van der Waals surface area contributed by atoms with Gasteiger partial charge in [0.05, 0.1) is 0 Å². The molecule has 0 radical (unpaired) electrons. The van der Waals surface area contributed by atoms with E-state index in [0.29, 0.717) is 18.1 Å². The molecule has 0 aliphatic rings. The van der Waals surface area contributed by atoms with E-state index in [2.05, 4.69) is 51.8 Å². The molecule has 0 aliphatic carbocycles. The van der Waals surface area contributed by atoms with Gasteiger partial charge < -0.3 is 5.32 Å². The lowest BCUT2D eigenvalue weighted by atomic mass is 10.1. The SMILES string of the molecule is CCCCCC(C)NCCN(C(C)C)C(C)C. The fourth-order valence-corrected chi connectivity index (χ4v) is 2.36. The number of rotatable bonds is 10. The van der Waals surface area contributed by atoms with E-state index >= 15 is 0 Å². The van der Waals surface area contributed by atoms with Crippen LogP contribution < -0.4 is 5.32 Å². The molecule has 0 saturated carbocycles. The summed E-state index contributed by atoms with van der Waals surface area (Å²) in [6.07, 6.45) is 5.37. The van der Waals surface area contributed by atoms with Gasteiger partial charge in [0.1, 0.15) is 0 Å². The summed E-state index contributed by atoms with van der Waals surface area (Å²) in [6.45, 7) is 16.0. The highest BCUT2D eigenvalue weighted by Crippen LogP contribution is 2.05. The zero-order valence-electron chi connectivity index (χ0n) is 12.9. The fraction of sp³-hybridized carbons (Fsp3) is 1.00. The van der Waals surface area contributed by atoms with Gasteiger partial charge in [-0.2, -0.15) is 0 Å². The summed E-state index contributed by atoms with van der Waals surface area (Å²) in [6, 6.07) is 1.96. The largest absolute Gasteiger partial charge is 0.313 e. The van der Waals surface area contributed by atoms with Crippen LogP contribution in [0.15, 0.2) is 0 Å². The van der Waals surface area contributed by atoms with Crippen LogP contribution >= 0.6 is 0 Å². The second kappa shape index (κ2) is 9.90. The number of hydrogen-bond donors (Lipinski definition) is 1. The van der Waals surface area contributed by atoms with Crippen LogP contribution in [0.1, 0.15) is 67.2 Å². The first-order valence-electron chi connectivity index (χ1n) is 7.48. The standard InChI is InChI=1S/C15H34N2/c1-7-8-9-10-15(6)16-11-12-17(13(2)3)14(4)5/h13-16H,7-12H2,1-6H3. The number of nitrogens with zero attached hydrogens (tertiary/aromatic N) is 1. The van der Waals surface area contributed by atoms with Crippen molar-refractivity contribution in [3.8, 4) is 0 Å². The molecular weight excluding hydrogens is 208 g/mol. The van der Waals surface area contributed by atoms with Gasteiger partial charge in [-0.05, 0) is 41.0 Å². The molecule has 1 atom stereocenters. The van der Waals surface area contributed by atoms with Crippen LogP contribution in [0.2, 0.25) is 0 Å². The van der Waals surface area contributed by atoms with Crippen LogP contribution in [0.3, 0.4) is 0 Å². The van der Waals surface area contributed by atoms with Gasteiger partial charge in [-0.1, -0.05) is 26.2 Å². The fourth-order valence-electron chi connectivity index (χ4n) is 2.36. The first kappa shape index (κ1) is 16.9. The van der Waals surface area contributed by atoms with Gasteiger partial charge >= 0.3 is 0 Å². The molecule has 0 amide bonds. The molecule has 17 heavy (non-hydrogen) atoms. The molecule has 0 rings (SSSR count). The second-order valence-electron chi connectivity index (χ2n) is 5.78. The summed E-state index contributed by atoms with van der Waals surface area (Å²) < 4.78 is 0. The van der Waals surface area contributed by atoms with Crippen molar-refractivity contribution in [1.82, 2.24) is 10.2 Å². The summed E-state index contributed by atoms with van der Waals surface area (Å²) in [7, 11) is 0. The van der Waals surface area contributed by atoms with E-state index in [1.165, 1.54) is 25.7 Å². The zero-order valence-corrected chi connectivity index (χ0v) is 12.9. The van der Waals surface area contributed by atoms with E-state index in [0.717, 1.165) is 13.1 Å². The maximum atomic E-state index is 3.64. The van der Waals surface area contributed by atoms with E-state index in [1.807, 2.05) is 0 Å². The van der Waals surface area contributed by atoms with Crippen LogP contribution in [0.5, 0.6) is 0 Å². The van der Waals surface area contributed by atoms with Crippen molar-refractivity contribution >= 4 is 0 Å². The Morgan fingerprint density at radius 2 is 1.53 bits per heavy atom. The van der Waals surface area contributed by atoms with Crippen LogP contribution in [-0.4, -0.2) is 36.1 Å². The maximum absolute atomic E-state index is 3.64. The van der Waals surface area contributed by atoms with Crippen LogP contribution in [0.25, 0.3) is 0 Å². The molecule has 0 heterocycles. The van der Waals surface area contributed by atoms with E-state index in [4.69, 9.17) is 0 Å². The normalized spacial score (nSPS) is 13.9. The molecule has 0 saturated heterocycles. The Kier molecular flexibility index (Phi) is 9.85. The van der Waals surface area contributed by atoms with Crippen LogP contribution in [-0.2, 0) is 0 Å². The number of unbranched alkanes of at least 4 members (excludes halogenated alkanes) is 2. The summed E-state index contributed by atoms with van der Waals surface area (Å²) in [4.78, 5) is 2.55. The molecule has 2 heteroatoms. The van der Waals surface area contributed by atoms with Crippen LogP contribution in [0.4, 0.5) is 0 Å². The summed E-state index contributed by atoms with van der Waals surface area (Å²) in [5.74, 6) is 0. The third-order valence-corrected chi connectivity index (χ3v) is 3.43. The Balaban J connectivity index is 3.66. The average Bonchev–Trinajstić information content (AvgIpc) is 2.23. The van der Waals surface area contributed by atoms with E-state index in [-0.39, 0.29) is 0 Å². The van der Waals surface area contributed by atoms with E-state index in [1.54, 1.807) is 0 Å². The van der Waals surface area contributed by atoms with Crippen molar-refractivity contribution in [2.75, 3.05) is 13.1 Å². The summed E-state index contributed by atoms with van der Waals surface area (Å²) >= 11 is 0. The minimum atomic E-state index is 0.646. The molecule has 104 valence electrons. The van der Waals surface area contributed by atoms with Gasteiger partial charge in [-0.25, -0.2) is 0 Å². The molecule has 0 bridgehead atoms. The molecule has 1 unspecified atom stereocenters. The Bertz CT molecular complexity index is 158. The van der Waals surface area contributed by atoms with Gasteiger partial charge in [-0.3, -0.25) is 4.90 Å². The van der Waals surface area contributed by atoms with E-state index in [9.17, 15) is 0 Å². The van der Waals surface area contributed by atoms with Crippen molar-refractivity contribution in [3.63, 3.8) is 0 Å². The average molecular weight is 242 g/mol. The molecule has 0 aliphatic heterocycles. The quantitative estimate of drug-likeness (QED) is 0.588. The van der Waals surface area contributed by atoms with Crippen molar-refractivity contribution in [2.45, 2.75) is 85.4 Å². The second-order valence-corrected chi connectivity index (χ2v) is 5.78. The minimum absolute atomic E-state index is 0.646. The highest BCUT2D eigenvalue weighted by atomic mass is 15.2. The van der Waals surface area contributed by atoms with Crippen molar-refractivity contribution in [1.29, 1.82) is 0 Å². The predicted molar refractivity (Wildman–Crippen MR) is 78.6 cm³/mol. The van der Waals surface area contributed by atoms with Gasteiger partial charge in [0.25, 0.3) is 0 Å². The van der Waals surface area contributed by atoms with Crippen LogP contribution in [0, 0.1) is 0 Å². The molecular formula is C15H34N2. The van der Waals surface area contributed by atoms with Crippen molar-refractivity contribution in [2.24, 2.45) is 0 Å². The Morgan fingerprint density at radius 3 is 2.00 bits per heavy atom. The molecule has 0 fully saturated rings. The smallest absolute Gasteiger partial charge is 0.0112 e. The zero-order chi connectivity index (χ0) is 13.3. The Labute approximate surface area is 109 Å². The molecule has 0 aromatic carbocycles. The van der Waals surface area contributed by atoms with Crippen molar-refractivity contribution < 1.29 is 0 Å². The molecule has 0 aromatic heterocycles. The maximum Gasteiger partial charge on any atom is 0.0112 e. The number of hydrogen-bond acceptors (Lipinski definition) is 2. The van der Waals surface area contributed by atoms with E-state index < -0.39 is 0 Å². The molecule has 0 spiro atoms. The summed E-state index contributed by atoms with van der Waals surface area (Å²) in [5, 5.41) is 3.64. The highest BCUT2D eigenvalue weighted by Gasteiger charge is 2.12.